The van der Waals surface area contributed by atoms with Gasteiger partial charge < -0.3 is 15.0 Å². The highest BCUT2D eigenvalue weighted by Crippen LogP contribution is 2.14. The molecule has 0 aromatic carbocycles. The van der Waals surface area contributed by atoms with E-state index in [4.69, 9.17) is 5.11 Å². The number of pyridine rings is 1. The van der Waals surface area contributed by atoms with E-state index < -0.39 is 11.9 Å². The van der Waals surface area contributed by atoms with Crippen molar-refractivity contribution in [3.63, 3.8) is 0 Å². The van der Waals surface area contributed by atoms with E-state index in [0.29, 0.717) is 0 Å². The summed E-state index contributed by atoms with van der Waals surface area (Å²) in [5, 5.41) is 11.4. The molecule has 2 N–H and O–H groups in total. The Morgan fingerprint density at radius 1 is 1.44 bits per heavy atom. The van der Waals surface area contributed by atoms with Gasteiger partial charge in [0.2, 0.25) is 0 Å². The summed E-state index contributed by atoms with van der Waals surface area (Å²) in [6.07, 6.45) is 5.65. The summed E-state index contributed by atoms with van der Waals surface area (Å²) in [5.41, 5.74) is 0.327. The van der Waals surface area contributed by atoms with Crippen molar-refractivity contribution < 1.29 is 14.7 Å². The van der Waals surface area contributed by atoms with Gasteiger partial charge in [-0.15, -0.1) is 0 Å². The SMILES string of the molecule is Cn1cnc(C(=O)Nc2cnccc2C(=O)O)c1. The van der Waals surface area contributed by atoms with Crippen LogP contribution in [0.3, 0.4) is 0 Å². The van der Waals surface area contributed by atoms with Crippen molar-refractivity contribution in [1.82, 2.24) is 14.5 Å². The Kier molecular flexibility index (Phi) is 3.05. The maximum Gasteiger partial charge on any atom is 0.337 e. The van der Waals surface area contributed by atoms with Crippen molar-refractivity contribution in [1.29, 1.82) is 0 Å². The lowest BCUT2D eigenvalue weighted by Gasteiger charge is -2.05. The largest absolute Gasteiger partial charge is 0.478 e. The number of amides is 1. The lowest BCUT2D eigenvalue weighted by molar-refractivity contribution is 0.0698. The van der Waals surface area contributed by atoms with Crippen LogP contribution in [0.1, 0.15) is 20.8 Å². The molecular formula is C11H10N4O3. The monoisotopic (exact) mass is 246 g/mol. The van der Waals surface area contributed by atoms with Crippen LogP contribution in [0.4, 0.5) is 5.69 Å². The number of aryl methyl sites for hydroxylation is 1. The van der Waals surface area contributed by atoms with E-state index in [1.54, 1.807) is 11.6 Å². The number of imidazole rings is 1. The van der Waals surface area contributed by atoms with Crippen molar-refractivity contribution in [2.75, 3.05) is 5.32 Å². The van der Waals surface area contributed by atoms with E-state index in [2.05, 4.69) is 15.3 Å². The quantitative estimate of drug-likeness (QED) is 0.833. The second kappa shape index (κ2) is 4.66. The first-order valence-corrected chi connectivity index (χ1v) is 5.04. The van der Waals surface area contributed by atoms with Gasteiger partial charge in [0.1, 0.15) is 5.69 Å². The van der Waals surface area contributed by atoms with Gasteiger partial charge in [0.15, 0.2) is 0 Å². The normalized spacial score (nSPS) is 10.1. The zero-order valence-electron chi connectivity index (χ0n) is 9.49. The summed E-state index contributed by atoms with van der Waals surface area (Å²) in [6.45, 7) is 0. The highest BCUT2D eigenvalue weighted by Gasteiger charge is 2.14. The molecule has 1 amide bonds. The van der Waals surface area contributed by atoms with E-state index in [1.807, 2.05) is 0 Å². The van der Waals surface area contributed by atoms with Crippen molar-refractivity contribution in [2.45, 2.75) is 0 Å². The van der Waals surface area contributed by atoms with Crippen molar-refractivity contribution in [3.05, 3.63) is 42.2 Å². The first kappa shape index (κ1) is 11.8. The maximum absolute atomic E-state index is 11.8. The highest BCUT2D eigenvalue weighted by atomic mass is 16.4. The number of rotatable bonds is 3. The molecule has 0 saturated carbocycles. The molecule has 0 atom stereocenters. The second-order valence-corrected chi connectivity index (χ2v) is 3.60. The fourth-order valence-corrected chi connectivity index (χ4v) is 1.40. The number of hydrogen-bond donors (Lipinski definition) is 2. The number of nitrogens with zero attached hydrogens (tertiary/aromatic N) is 3. The van der Waals surface area contributed by atoms with Gasteiger partial charge in [-0.25, -0.2) is 9.78 Å². The van der Waals surface area contributed by atoms with Crippen LogP contribution in [0.25, 0.3) is 0 Å². The molecule has 0 radical (unpaired) electrons. The standard InChI is InChI=1S/C11H10N4O3/c1-15-5-9(13-6-15)10(16)14-8-4-12-3-2-7(8)11(17)18/h2-6H,1H3,(H,14,16)(H,17,18). The average molecular weight is 246 g/mol. The van der Waals surface area contributed by atoms with Crippen molar-refractivity contribution in [2.24, 2.45) is 7.05 Å². The predicted molar refractivity (Wildman–Crippen MR) is 62.4 cm³/mol. The predicted octanol–water partition coefficient (Wildman–Crippen LogP) is 0.766. The van der Waals surface area contributed by atoms with Crippen LogP contribution in [0.2, 0.25) is 0 Å². The summed E-state index contributed by atoms with van der Waals surface area (Å²) in [4.78, 5) is 30.4. The van der Waals surface area contributed by atoms with Crippen LogP contribution < -0.4 is 5.32 Å². The topological polar surface area (TPSA) is 97.1 Å². The molecule has 0 saturated heterocycles. The molecule has 0 aliphatic rings. The van der Waals surface area contributed by atoms with E-state index in [-0.39, 0.29) is 16.9 Å². The van der Waals surface area contributed by atoms with Crippen LogP contribution in [0.15, 0.2) is 31.0 Å². The van der Waals surface area contributed by atoms with Crippen LogP contribution >= 0.6 is 0 Å². The minimum atomic E-state index is -1.13. The Hall–Kier alpha value is -2.70. The van der Waals surface area contributed by atoms with Crippen molar-refractivity contribution in [3.8, 4) is 0 Å². The Labute approximate surface area is 102 Å². The number of aromatic carboxylic acids is 1. The first-order chi connectivity index (χ1) is 8.58. The molecule has 2 aromatic rings. The van der Waals surface area contributed by atoms with Crippen molar-refractivity contribution >= 4 is 17.6 Å². The molecule has 7 nitrogen and oxygen atoms in total. The van der Waals surface area contributed by atoms with E-state index in [0.717, 1.165) is 0 Å². The van der Waals surface area contributed by atoms with E-state index >= 15 is 0 Å². The molecule has 0 spiro atoms. The van der Waals surface area contributed by atoms with Crippen LogP contribution in [0, 0.1) is 0 Å². The van der Waals surface area contributed by atoms with Crippen LogP contribution in [-0.4, -0.2) is 31.5 Å². The number of nitrogens with one attached hydrogen (secondary N) is 1. The summed E-state index contributed by atoms with van der Waals surface area (Å²) in [5.74, 6) is -1.61. The third kappa shape index (κ3) is 2.34. The van der Waals surface area contributed by atoms with Gasteiger partial charge in [-0.2, -0.15) is 0 Å². The first-order valence-electron chi connectivity index (χ1n) is 5.04. The van der Waals surface area contributed by atoms with Gasteiger partial charge >= 0.3 is 5.97 Å². The second-order valence-electron chi connectivity index (χ2n) is 3.60. The molecule has 7 heteroatoms. The lowest BCUT2D eigenvalue weighted by Crippen LogP contribution is -2.15. The highest BCUT2D eigenvalue weighted by molar-refractivity contribution is 6.06. The molecule has 0 aliphatic heterocycles. The van der Waals surface area contributed by atoms with Crippen LogP contribution in [0.5, 0.6) is 0 Å². The molecule has 18 heavy (non-hydrogen) atoms. The Morgan fingerprint density at radius 3 is 2.83 bits per heavy atom. The number of aromatic nitrogens is 3. The fourth-order valence-electron chi connectivity index (χ4n) is 1.40. The molecule has 0 bridgehead atoms. The fraction of sp³-hybridized carbons (Fsp3) is 0.0909. The van der Waals surface area contributed by atoms with Gasteiger partial charge in [-0.1, -0.05) is 0 Å². The summed E-state index contributed by atoms with van der Waals surface area (Å²) >= 11 is 0. The molecule has 92 valence electrons. The van der Waals surface area contributed by atoms with Crippen LogP contribution in [-0.2, 0) is 7.05 Å². The van der Waals surface area contributed by atoms with Gasteiger partial charge in [-0.3, -0.25) is 9.78 Å². The Bertz CT molecular complexity index is 606. The number of anilines is 1. The minimum Gasteiger partial charge on any atom is -0.478 e. The third-order valence-electron chi connectivity index (χ3n) is 2.24. The van der Waals surface area contributed by atoms with Gasteiger partial charge in [0.05, 0.1) is 23.8 Å². The number of carboxylic acid groups (broad SMARTS) is 1. The molecule has 2 aromatic heterocycles. The minimum absolute atomic E-state index is 0.0192. The Balaban J connectivity index is 2.24. The van der Waals surface area contributed by atoms with Gasteiger partial charge in [0.25, 0.3) is 5.91 Å². The smallest absolute Gasteiger partial charge is 0.337 e. The third-order valence-corrected chi connectivity index (χ3v) is 2.24. The summed E-state index contributed by atoms with van der Waals surface area (Å²) in [6, 6.07) is 1.32. The van der Waals surface area contributed by atoms with Gasteiger partial charge in [-0.05, 0) is 6.07 Å². The molecule has 0 aliphatic carbocycles. The van der Waals surface area contributed by atoms with E-state index in [1.165, 1.54) is 31.0 Å². The number of carbonyl (C=O) groups excluding carboxylic acids is 1. The number of hydrogen-bond acceptors (Lipinski definition) is 4. The average Bonchev–Trinajstić information content (AvgIpc) is 2.76. The lowest BCUT2D eigenvalue weighted by atomic mass is 10.2. The Morgan fingerprint density at radius 2 is 2.22 bits per heavy atom. The maximum atomic E-state index is 11.8. The zero-order chi connectivity index (χ0) is 13.1. The zero-order valence-corrected chi connectivity index (χ0v) is 9.49. The molecule has 0 unspecified atom stereocenters. The molecular weight excluding hydrogens is 236 g/mol. The summed E-state index contributed by atoms with van der Waals surface area (Å²) < 4.78 is 1.62. The number of carbonyl (C=O) groups is 2. The molecule has 2 rings (SSSR count). The molecule has 2 heterocycles. The van der Waals surface area contributed by atoms with E-state index in [9.17, 15) is 9.59 Å². The molecule has 0 fully saturated rings. The van der Waals surface area contributed by atoms with Gasteiger partial charge in [0, 0.05) is 19.4 Å². The summed E-state index contributed by atoms with van der Waals surface area (Å²) in [7, 11) is 1.73. The number of carboxylic acids is 1.